The lowest BCUT2D eigenvalue weighted by molar-refractivity contribution is 0.618. The van der Waals surface area contributed by atoms with Crippen LogP contribution in [-0.2, 0) is 6.42 Å². The van der Waals surface area contributed by atoms with Gasteiger partial charge >= 0.3 is 0 Å². The molecule has 5 heteroatoms. The average Bonchev–Trinajstić information content (AvgIpc) is 2.35. The van der Waals surface area contributed by atoms with Crippen molar-refractivity contribution in [3.05, 3.63) is 34.6 Å². The second-order valence-corrected chi connectivity index (χ2v) is 7.00. The molecule has 1 nitrogen and oxygen atoms in total. The van der Waals surface area contributed by atoms with Crippen LogP contribution in [0, 0.1) is 5.82 Å². The normalized spacial score (nSPS) is 22.4. The second kappa shape index (κ2) is 6.32. The highest BCUT2D eigenvalue weighted by atomic mass is 35.5. The molecule has 1 aromatic carbocycles. The first kappa shape index (κ1) is 13.5. The molecule has 17 heavy (non-hydrogen) atoms. The molecule has 0 radical (unpaired) electrons. The van der Waals surface area contributed by atoms with Gasteiger partial charge in [0.25, 0.3) is 0 Å². The predicted molar refractivity (Wildman–Crippen MR) is 76.7 cm³/mol. The quantitative estimate of drug-likeness (QED) is 0.926. The molecule has 0 spiro atoms. The molecule has 1 heterocycles. The number of hydrogen-bond acceptors (Lipinski definition) is 3. The Balaban J connectivity index is 1.96. The van der Waals surface area contributed by atoms with Crippen molar-refractivity contribution in [3.8, 4) is 0 Å². The van der Waals surface area contributed by atoms with Crippen LogP contribution in [0.25, 0.3) is 0 Å². The van der Waals surface area contributed by atoms with Crippen LogP contribution in [0.15, 0.2) is 18.2 Å². The average molecular weight is 292 g/mol. The second-order valence-electron chi connectivity index (χ2n) is 4.10. The minimum Gasteiger partial charge on any atom is -0.326 e. The molecule has 2 rings (SSSR count). The Morgan fingerprint density at radius 3 is 2.94 bits per heavy atom. The zero-order valence-corrected chi connectivity index (χ0v) is 11.8. The summed E-state index contributed by atoms with van der Waals surface area (Å²) in [5, 5.41) is 0.650. The van der Waals surface area contributed by atoms with Gasteiger partial charge in [0.1, 0.15) is 5.82 Å². The molecule has 0 amide bonds. The van der Waals surface area contributed by atoms with Gasteiger partial charge in [-0.1, -0.05) is 17.7 Å². The zero-order chi connectivity index (χ0) is 12.3. The Morgan fingerprint density at radius 1 is 1.47 bits per heavy atom. The summed E-state index contributed by atoms with van der Waals surface area (Å²) in [6.45, 7) is 0. The Morgan fingerprint density at radius 2 is 2.29 bits per heavy atom. The van der Waals surface area contributed by atoms with E-state index in [1.165, 1.54) is 11.8 Å². The SMILES string of the molecule is NC(Cc1ccc(Cl)c(F)c1)C1CSCCS1. The fourth-order valence-corrected chi connectivity index (χ4v) is 4.76. The lowest BCUT2D eigenvalue weighted by atomic mass is 10.0. The van der Waals surface area contributed by atoms with Gasteiger partial charge in [-0.15, -0.1) is 0 Å². The molecule has 2 N–H and O–H groups in total. The van der Waals surface area contributed by atoms with Crippen molar-refractivity contribution in [1.29, 1.82) is 0 Å². The van der Waals surface area contributed by atoms with Gasteiger partial charge in [-0.05, 0) is 24.1 Å². The molecule has 1 aliphatic rings. The molecule has 0 saturated carbocycles. The third kappa shape index (κ3) is 3.78. The van der Waals surface area contributed by atoms with Crippen LogP contribution in [0.1, 0.15) is 5.56 Å². The molecule has 1 fully saturated rings. The molecule has 2 unspecified atom stereocenters. The summed E-state index contributed by atoms with van der Waals surface area (Å²) in [7, 11) is 0. The van der Waals surface area contributed by atoms with Crippen LogP contribution in [0.5, 0.6) is 0 Å². The van der Waals surface area contributed by atoms with E-state index in [4.69, 9.17) is 17.3 Å². The van der Waals surface area contributed by atoms with E-state index in [0.29, 0.717) is 11.7 Å². The lowest BCUT2D eigenvalue weighted by Gasteiger charge is -2.26. The van der Waals surface area contributed by atoms with E-state index in [1.54, 1.807) is 6.07 Å². The lowest BCUT2D eigenvalue weighted by Crippen LogP contribution is -2.38. The van der Waals surface area contributed by atoms with Crippen molar-refractivity contribution in [2.75, 3.05) is 17.3 Å². The third-order valence-corrected chi connectivity index (χ3v) is 6.02. The van der Waals surface area contributed by atoms with E-state index in [0.717, 1.165) is 17.1 Å². The summed E-state index contributed by atoms with van der Waals surface area (Å²) in [5.74, 6) is 3.12. The number of halogens is 2. The minimum absolute atomic E-state index is 0.0911. The fraction of sp³-hybridized carbons (Fsp3) is 0.500. The minimum atomic E-state index is -0.359. The van der Waals surface area contributed by atoms with E-state index >= 15 is 0 Å². The maximum Gasteiger partial charge on any atom is 0.142 e. The molecular formula is C12H15ClFNS2. The largest absolute Gasteiger partial charge is 0.326 e. The Kier molecular flexibility index (Phi) is 5.03. The van der Waals surface area contributed by atoms with Crippen molar-refractivity contribution in [2.45, 2.75) is 17.7 Å². The highest BCUT2D eigenvalue weighted by molar-refractivity contribution is 8.06. The van der Waals surface area contributed by atoms with Crippen molar-refractivity contribution < 1.29 is 4.39 Å². The smallest absolute Gasteiger partial charge is 0.142 e. The Labute approximate surface area is 115 Å². The first-order valence-electron chi connectivity index (χ1n) is 5.55. The topological polar surface area (TPSA) is 26.0 Å². The molecule has 0 aromatic heterocycles. The van der Waals surface area contributed by atoms with Gasteiger partial charge in [-0.2, -0.15) is 23.5 Å². The van der Waals surface area contributed by atoms with Crippen molar-refractivity contribution in [1.82, 2.24) is 0 Å². The predicted octanol–water partition coefficient (Wildman–Crippen LogP) is 3.20. The molecule has 1 saturated heterocycles. The Hall–Kier alpha value is 0.1000. The number of rotatable bonds is 3. The molecule has 0 aliphatic carbocycles. The van der Waals surface area contributed by atoms with E-state index in [-0.39, 0.29) is 16.9 Å². The van der Waals surface area contributed by atoms with Crippen LogP contribution < -0.4 is 5.73 Å². The maximum atomic E-state index is 13.3. The standard InChI is InChI=1S/C12H15ClFNS2/c13-9-2-1-8(5-10(9)14)6-11(15)12-7-16-3-4-17-12/h1-2,5,11-12H,3-4,6-7,15H2. The molecule has 0 bridgehead atoms. The van der Waals surface area contributed by atoms with Gasteiger partial charge in [-0.3, -0.25) is 0 Å². The Bertz CT molecular complexity index is 383. The van der Waals surface area contributed by atoms with E-state index < -0.39 is 0 Å². The highest BCUT2D eigenvalue weighted by Crippen LogP contribution is 2.27. The first-order valence-corrected chi connectivity index (χ1v) is 8.14. The summed E-state index contributed by atoms with van der Waals surface area (Å²) >= 11 is 9.54. The van der Waals surface area contributed by atoms with Gasteiger partial charge in [0.2, 0.25) is 0 Å². The summed E-state index contributed by atoms with van der Waals surface area (Å²) in [4.78, 5) is 0. The first-order chi connectivity index (χ1) is 8.16. The van der Waals surface area contributed by atoms with Crippen LogP contribution in [0.4, 0.5) is 4.39 Å². The summed E-state index contributed by atoms with van der Waals surface area (Å²) in [5.41, 5.74) is 7.11. The molecule has 94 valence electrons. The maximum absolute atomic E-state index is 13.3. The fourth-order valence-electron chi connectivity index (χ4n) is 1.82. The van der Waals surface area contributed by atoms with Gasteiger partial charge in [0, 0.05) is 28.6 Å². The molecular weight excluding hydrogens is 277 g/mol. The third-order valence-electron chi connectivity index (χ3n) is 2.77. The van der Waals surface area contributed by atoms with Crippen molar-refractivity contribution in [2.24, 2.45) is 5.73 Å². The summed E-state index contributed by atoms with van der Waals surface area (Å²) in [6, 6.07) is 5.03. The van der Waals surface area contributed by atoms with Crippen LogP contribution >= 0.6 is 35.1 Å². The zero-order valence-electron chi connectivity index (χ0n) is 9.36. The monoisotopic (exact) mass is 291 g/mol. The van der Waals surface area contributed by atoms with E-state index in [9.17, 15) is 4.39 Å². The van der Waals surface area contributed by atoms with Crippen LogP contribution in [0.2, 0.25) is 5.02 Å². The highest BCUT2D eigenvalue weighted by Gasteiger charge is 2.21. The summed E-state index contributed by atoms with van der Waals surface area (Å²) < 4.78 is 13.3. The van der Waals surface area contributed by atoms with Crippen molar-refractivity contribution in [3.63, 3.8) is 0 Å². The summed E-state index contributed by atoms with van der Waals surface area (Å²) in [6.07, 6.45) is 0.715. The van der Waals surface area contributed by atoms with Gasteiger partial charge in [0.05, 0.1) is 5.02 Å². The van der Waals surface area contributed by atoms with E-state index in [1.807, 2.05) is 29.6 Å². The number of hydrogen-bond donors (Lipinski definition) is 1. The molecule has 1 aliphatic heterocycles. The van der Waals surface area contributed by atoms with Crippen LogP contribution in [0.3, 0.4) is 0 Å². The van der Waals surface area contributed by atoms with E-state index in [2.05, 4.69) is 0 Å². The number of thioether (sulfide) groups is 2. The van der Waals surface area contributed by atoms with Crippen molar-refractivity contribution >= 4 is 35.1 Å². The molecule has 1 aromatic rings. The van der Waals surface area contributed by atoms with Gasteiger partial charge < -0.3 is 5.73 Å². The van der Waals surface area contributed by atoms with Crippen LogP contribution in [-0.4, -0.2) is 28.6 Å². The number of benzene rings is 1. The number of nitrogens with two attached hydrogens (primary N) is 1. The van der Waals surface area contributed by atoms with Gasteiger partial charge in [0.15, 0.2) is 0 Å². The molecule has 2 atom stereocenters. The van der Waals surface area contributed by atoms with Gasteiger partial charge in [-0.25, -0.2) is 4.39 Å².